The Kier molecular flexibility index (Phi) is 1.42. The number of hydrazone groups is 1. The summed E-state index contributed by atoms with van der Waals surface area (Å²) in [5, 5.41) is 9.96. The van der Waals surface area contributed by atoms with E-state index in [2.05, 4.69) is 29.4 Å². The summed E-state index contributed by atoms with van der Waals surface area (Å²) >= 11 is 0. The molecule has 1 fully saturated rings. The second-order valence-corrected chi connectivity index (χ2v) is 3.85. The fourth-order valence-electron chi connectivity index (χ4n) is 2.04. The molecule has 0 bridgehead atoms. The van der Waals surface area contributed by atoms with Crippen molar-refractivity contribution in [2.24, 2.45) is 10.5 Å². The van der Waals surface area contributed by atoms with E-state index in [1.807, 2.05) is 0 Å². The van der Waals surface area contributed by atoms with Crippen LogP contribution < -0.4 is 5.32 Å². The number of rotatable bonds is 0. The van der Waals surface area contributed by atoms with Crippen LogP contribution in [0.4, 0.5) is 0 Å². The Bertz CT molecular complexity index is 200. The van der Waals surface area contributed by atoms with Crippen molar-refractivity contribution in [3.63, 3.8) is 0 Å². The zero-order valence-corrected chi connectivity index (χ0v) is 7.22. The van der Waals surface area contributed by atoms with Crippen molar-refractivity contribution >= 4 is 5.71 Å². The quantitative estimate of drug-likeness (QED) is 0.541. The molecule has 0 aromatic rings. The van der Waals surface area contributed by atoms with Gasteiger partial charge in [0.15, 0.2) is 0 Å². The van der Waals surface area contributed by atoms with Gasteiger partial charge in [0.05, 0.1) is 0 Å². The fraction of sp³-hybridized carbons (Fsp3) is 0.875. The van der Waals surface area contributed by atoms with Gasteiger partial charge < -0.3 is 5.32 Å². The smallest absolute Gasteiger partial charge is 0.0483 e. The van der Waals surface area contributed by atoms with Gasteiger partial charge in [0, 0.05) is 44.2 Å². The minimum atomic E-state index is 0.326. The Morgan fingerprint density at radius 3 is 3.18 bits per heavy atom. The minimum Gasteiger partial charge on any atom is -0.315 e. The first-order chi connectivity index (χ1) is 5.21. The number of hydrogen-bond acceptors (Lipinski definition) is 3. The molecule has 11 heavy (non-hydrogen) atoms. The molecule has 0 radical (unpaired) electrons. The lowest BCUT2D eigenvalue weighted by Gasteiger charge is -2.30. The Labute approximate surface area is 67.5 Å². The zero-order valence-electron chi connectivity index (χ0n) is 7.22. The molecule has 0 saturated carbocycles. The molecule has 0 aromatic heterocycles. The first-order valence-electron chi connectivity index (χ1n) is 4.20. The molecule has 62 valence electrons. The van der Waals surface area contributed by atoms with Crippen molar-refractivity contribution in [2.45, 2.75) is 13.3 Å². The van der Waals surface area contributed by atoms with E-state index < -0.39 is 0 Å². The van der Waals surface area contributed by atoms with Crippen LogP contribution in [0.3, 0.4) is 0 Å². The lowest BCUT2D eigenvalue weighted by molar-refractivity contribution is 0.290. The van der Waals surface area contributed by atoms with Crippen LogP contribution in [0.25, 0.3) is 0 Å². The second kappa shape index (κ2) is 2.21. The van der Waals surface area contributed by atoms with Crippen molar-refractivity contribution in [3.8, 4) is 0 Å². The average molecular weight is 153 g/mol. The molecule has 2 aliphatic heterocycles. The summed E-state index contributed by atoms with van der Waals surface area (Å²) < 4.78 is 0. The topological polar surface area (TPSA) is 27.6 Å². The van der Waals surface area contributed by atoms with Gasteiger partial charge in [0.2, 0.25) is 0 Å². The third kappa shape index (κ3) is 1.03. The molecule has 0 aromatic carbocycles. The van der Waals surface area contributed by atoms with Gasteiger partial charge in [-0.2, -0.15) is 5.10 Å². The highest BCUT2D eigenvalue weighted by Crippen LogP contribution is 2.29. The van der Waals surface area contributed by atoms with E-state index in [4.69, 9.17) is 0 Å². The highest BCUT2D eigenvalue weighted by Gasteiger charge is 2.38. The Hall–Kier alpha value is -0.570. The Balaban J connectivity index is 2.23. The summed E-state index contributed by atoms with van der Waals surface area (Å²) in [6, 6.07) is 0. The summed E-state index contributed by atoms with van der Waals surface area (Å²) in [6.45, 7) is 5.56. The van der Waals surface area contributed by atoms with E-state index in [-0.39, 0.29) is 0 Å². The van der Waals surface area contributed by atoms with Crippen molar-refractivity contribution in [1.82, 2.24) is 10.3 Å². The van der Waals surface area contributed by atoms with Crippen molar-refractivity contribution in [1.29, 1.82) is 0 Å². The molecule has 0 aliphatic carbocycles. The van der Waals surface area contributed by atoms with Gasteiger partial charge in [0.1, 0.15) is 0 Å². The second-order valence-electron chi connectivity index (χ2n) is 3.85. The molecular formula is C8H15N3. The largest absolute Gasteiger partial charge is 0.315 e. The molecule has 3 nitrogen and oxygen atoms in total. The number of piperidine rings is 1. The molecule has 2 heterocycles. The third-order valence-corrected chi connectivity index (χ3v) is 2.62. The number of fused-ring (bicyclic) bond motifs is 1. The molecule has 1 saturated heterocycles. The molecule has 1 unspecified atom stereocenters. The van der Waals surface area contributed by atoms with Crippen LogP contribution in [0.1, 0.15) is 13.3 Å². The summed E-state index contributed by atoms with van der Waals surface area (Å²) in [6.07, 6.45) is 1.13. The first-order valence-corrected chi connectivity index (χ1v) is 4.20. The van der Waals surface area contributed by atoms with Crippen LogP contribution in [0, 0.1) is 5.41 Å². The van der Waals surface area contributed by atoms with Gasteiger partial charge in [0.25, 0.3) is 0 Å². The summed E-state index contributed by atoms with van der Waals surface area (Å²) in [4.78, 5) is 0. The maximum absolute atomic E-state index is 4.49. The van der Waals surface area contributed by atoms with Crippen LogP contribution in [0.2, 0.25) is 0 Å². The van der Waals surface area contributed by atoms with E-state index in [0.29, 0.717) is 5.41 Å². The van der Waals surface area contributed by atoms with Gasteiger partial charge in [-0.15, -0.1) is 0 Å². The molecule has 3 heteroatoms. The van der Waals surface area contributed by atoms with Gasteiger partial charge >= 0.3 is 0 Å². The zero-order chi connectivity index (χ0) is 7.90. The molecule has 2 aliphatic rings. The van der Waals surface area contributed by atoms with Crippen LogP contribution >= 0.6 is 0 Å². The van der Waals surface area contributed by atoms with E-state index in [9.17, 15) is 0 Å². The Morgan fingerprint density at radius 2 is 2.45 bits per heavy atom. The lowest BCUT2D eigenvalue weighted by Crippen LogP contribution is -2.45. The maximum Gasteiger partial charge on any atom is 0.0483 e. The summed E-state index contributed by atoms with van der Waals surface area (Å²) in [5.74, 6) is 0. The third-order valence-electron chi connectivity index (χ3n) is 2.62. The standard InChI is InChI=1S/C8H15N3/c1-8-5-9-4-3-7(8)10-11(2)6-8/h9H,3-6H2,1-2H3. The molecule has 0 spiro atoms. The van der Waals surface area contributed by atoms with Crippen LogP contribution in [-0.2, 0) is 0 Å². The molecule has 1 N–H and O–H groups in total. The van der Waals surface area contributed by atoms with Crippen LogP contribution in [0.15, 0.2) is 5.10 Å². The van der Waals surface area contributed by atoms with Crippen molar-refractivity contribution in [3.05, 3.63) is 0 Å². The van der Waals surface area contributed by atoms with Gasteiger partial charge in [-0.05, 0) is 0 Å². The van der Waals surface area contributed by atoms with Gasteiger partial charge in [-0.3, -0.25) is 5.01 Å². The van der Waals surface area contributed by atoms with Crippen molar-refractivity contribution < 1.29 is 0 Å². The fourth-order valence-corrected chi connectivity index (χ4v) is 2.04. The minimum absolute atomic E-state index is 0.326. The molecule has 0 amide bonds. The van der Waals surface area contributed by atoms with E-state index in [1.165, 1.54) is 5.71 Å². The lowest BCUT2D eigenvalue weighted by atomic mass is 9.82. The Morgan fingerprint density at radius 1 is 1.64 bits per heavy atom. The number of nitrogens with one attached hydrogen (secondary N) is 1. The monoisotopic (exact) mass is 153 g/mol. The number of nitrogens with zero attached hydrogens (tertiary/aromatic N) is 2. The SMILES string of the molecule is CN1CC2(C)CNCCC2=N1. The van der Waals surface area contributed by atoms with Gasteiger partial charge in [-0.1, -0.05) is 6.92 Å². The van der Waals surface area contributed by atoms with Crippen LogP contribution in [0.5, 0.6) is 0 Å². The van der Waals surface area contributed by atoms with E-state index in [1.54, 1.807) is 0 Å². The molecule has 1 atom stereocenters. The van der Waals surface area contributed by atoms with E-state index in [0.717, 1.165) is 26.1 Å². The summed E-state index contributed by atoms with van der Waals surface area (Å²) in [5.41, 5.74) is 1.71. The average Bonchev–Trinajstić information content (AvgIpc) is 2.22. The van der Waals surface area contributed by atoms with Crippen LogP contribution in [-0.4, -0.2) is 37.4 Å². The predicted octanol–water partition coefficient (Wildman–Crippen LogP) is 0.287. The molecule has 2 rings (SSSR count). The van der Waals surface area contributed by atoms with Gasteiger partial charge in [-0.25, -0.2) is 0 Å². The normalized spacial score (nSPS) is 36.9. The maximum atomic E-state index is 4.49. The highest BCUT2D eigenvalue weighted by molar-refractivity contribution is 5.92. The van der Waals surface area contributed by atoms with Crippen molar-refractivity contribution in [2.75, 3.05) is 26.7 Å². The molecular weight excluding hydrogens is 138 g/mol. The van der Waals surface area contributed by atoms with E-state index >= 15 is 0 Å². The highest BCUT2D eigenvalue weighted by atomic mass is 15.5. The number of hydrogen-bond donors (Lipinski definition) is 1. The first kappa shape index (κ1) is 7.10. The predicted molar refractivity (Wildman–Crippen MR) is 45.7 cm³/mol. The summed E-state index contributed by atoms with van der Waals surface area (Å²) in [7, 11) is 2.05.